The van der Waals surface area contributed by atoms with E-state index < -0.39 is 16.8 Å². The van der Waals surface area contributed by atoms with E-state index in [1.165, 1.54) is 0 Å². The number of allylic oxidation sites excluding steroid dienone is 1. The van der Waals surface area contributed by atoms with Crippen molar-refractivity contribution in [1.82, 2.24) is 19.8 Å². The van der Waals surface area contributed by atoms with Crippen molar-refractivity contribution in [2.24, 2.45) is 11.1 Å². The average molecular weight is 669 g/mol. The van der Waals surface area contributed by atoms with E-state index in [1.54, 1.807) is 0 Å². The number of aromatic nitrogens is 2. The summed E-state index contributed by atoms with van der Waals surface area (Å²) in [4.78, 5) is 43.8. The van der Waals surface area contributed by atoms with Gasteiger partial charge in [0.05, 0.1) is 42.1 Å². The Morgan fingerprint density at radius 2 is 1.71 bits per heavy atom. The van der Waals surface area contributed by atoms with Gasteiger partial charge in [0.2, 0.25) is 0 Å². The van der Waals surface area contributed by atoms with Crippen molar-refractivity contribution in [3.05, 3.63) is 17.3 Å². The second-order valence-corrected chi connectivity index (χ2v) is 15.7. The van der Waals surface area contributed by atoms with Crippen LogP contribution in [0.2, 0.25) is 0 Å². The monoisotopic (exact) mass is 668 g/mol. The molecule has 0 aromatic carbocycles. The van der Waals surface area contributed by atoms with Gasteiger partial charge in [-0.2, -0.15) is 9.97 Å². The number of fused-ring (bicyclic) bond motifs is 1. The van der Waals surface area contributed by atoms with Crippen LogP contribution in [0.15, 0.2) is 11.6 Å². The molecular weight excluding hydrogens is 612 g/mol. The number of rotatable bonds is 5. The minimum Gasteiger partial charge on any atom is -0.459 e. The van der Waals surface area contributed by atoms with Crippen molar-refractivity contribution < 1.29 is 28.5 Å². The molecule has 5 aliphatic rings. The minimum atomic E-state index is -0.873. The highest BCUT2D eigenvalue weighted by molar-refractivity contribution is 6.06. The van der Waals surface area contributed by atoms with E-state index in [0.717, 1.165) is 57.9 Å². The van der Waals surface area contributed by atoms with Gasteiger partial charge in [0.1, 0.15) is 17.5 Å². The van der Waals surface area contributed by atoms with Gasteiger partial charge in [0.15, 0.2) is 11.6 Å². The molecule has 12 nitrogen and oxygen atoms in total. The molecule has 5 fully saturated rings. The highest BCUT2D eigenvalue weighted by Crippen LogP contribution is 2.56. The lowest BCUT2D eigenvalue weighted by Crippen LogP contribution is -2.59. The molecular formula is C36H56N6O6. The third-order valence-corrected chi connectivity index (χ3v) is 11.1. The van der Waals surface area contributed by atoms with Crippen LogP contribution in [-0.2, 0) is 19.0 Å². The number of likely N-dealkylation sites (N-methyl/N-ethyl adjacent to an activating group) is 1. The number of carbonyl (C=O) groups excluding carboxylic acids is 2. The molecule has 48 heavy (non-hydrogen) atoms. The molecule has 0 radical (unpaired) electrons. The Hall–Kier alpha value is -2.96. The number of nitrogens with zero attached hydrogens (tertiary/aromatic N) is 5. The molecule has 6 rings (SSSR count). The summed E-state index contributed by atoms with van der Waals surface area (Å²) < 4.78 is 24.8. The fourth-order valence-electron chi connectivity index (χ4n) is 8.91. The Bertz CT molecular complexity index is 1390. The normalized spacial score (nSPS) is 31.4. The summed E-state index contributed by atoms with van der Waals surface area (Å²) in [7, 11) is 2.12. The van der Waals surface area contributed by atoms with E-state index in [-0.39, 0.29) is 42.1 Å². The molecule has 5 atom stereocenters. The summed E-state index contributed by atoms with van der Waals surface area (Å²) in [5, 5.41) is 0. The summed E-state index contributed by atoms with van der Waals surface area (Å²) in [5.74, 6) is -0.186. The Labute approximate surface area is 285 Å². The van der Waals surface area contributed by atoms with E-state index in [9.17, 15) is 9.59 Å². The minimum absolute atomic E-state index is 0.0321. The highest BCUT2D eigenvalue weighted by atomic mass is 16.7. The number of carbonyl (C=O) groups is 2. The van der Waals surface area contributed by atoms with Gasteiger partial charge in [-0.25, -0.2) is 4.79 Å². The van der Waals surface area contributed by atoms with Gasteiger partial charge in [-0.3, -0.25) is 14.6 Å². The standard InChI is InChI=1S/C36H56N6O6/c1-23-21-41(22-24(2)42(23)33(44)48-34(4,5)6)29-20-27(38-32(39-29)47-25(3)28-13-11-17-40(28)7)30(37)26-12-10-15-35(31(26)43)14-8-9-16-36(35)45-18-19-46-36/h20,23-25,28H,8-19,21-22,37H2,1-7H3/t23-,24-,25-,28-,35-/m0/s1. The van der Waals surface area contributed by atoms with Crippen LogP contribution in [-0.4, -0.2) is 107 Å². The molecule has 2 spiro atoms. The highest BCUT2D eigenvalue weighted by Gasteiger charge is 2.62. The van der Waals surface area contributed by atoms with E-state index in [4.69, 9.17) is 34.6 Å². The van der Waals surface area contributed by atoms with E-state index >= 15 is 0 Å². The second-order valence-electron chi connectivity index (χ2n) is 15.7. The third-order valence-electron chi connectivity index (χ3n) is 11.1. The van der Waals surface area contributed by atoms with Gasteiger partial charge in [-0.15, -0.1) is 0 Å². The van der Waals surface area contributed by atoms with Gasteiger partial charge < -0.3 is 29.6 Å². The summed E-state index contributed by atoms with van der Waals surface area (Å²) >= 11 is 0. The van der Waals surface area contributed by atoms with Gasteiger partial charge >= 0.3 is 12.1 Å². The number of anilines is 1. The Balaban J connectivity index is 1.34. The van der Waals surface area contributed by atoms with Gasteiger partial charge in [-0.1, -0.05) is 6.42 Å². The fourth-order valence-corrected chi connectivity index (χ4v) is 8.91. The zero-order valence-corrected chi connectivity index (χ0v) is 30.0. The molecule has 0 unspecified atom stereocenters. The number of nitrogens with two attached hydrogens (primary N) is 1. The molecule has 266 valence electrons. The molecule has 2 saturated carbocycles. The number of amides is 1. The zero-order valence-electron chi connectivity index (χ0n) is 30.0. The van der Waals surface area contributed by atoms with Crippen LogP contribution in [0.3, 0.4) is 0 Å². The van der Waals surface area contributed by atoms with Crippen molar-refractivity contribution in [2.75, 3.05) is 44.8 Å². The summed E-state index contributed by atoms with van der Waals surface area (Å²) in [6.45, 7) is 14.9. The van der Waals surface area contributed by atoms with E-state index in [2.05, 4.69) is 23.8 Å². The van der Waals surface area contributed by atoms with Crippen LogP contribution in [0.25, 0.3) is 5.70 Å². The van der Waals surface area contributed by atoms with Crippen molar-refractivity contribution in [2.45, 2.75) is 135 Å². The first kappa shape index (κ1) is 34.9. The van der Waals surface area contributed by atoms with Crippen molar-refractivity contribution in [1.29, 1.82) is 0 Å². The van der Waals surface area contributed by atoms with Crippen LogP contribution in [0, 0.1) is 5.41 Å². The molecule has 1 amide bonds. The lowest BCUT2D eigenvalue weighted by atomic mass is 9.59. The van der Waals surface area contributed by atoms with Crippen LogP contribution in [0.1, 0.15) is 105 Å². The van der Waals surface area contributed by atoms with Gasteiger partial charge in [0, 0.05) is 37.2 Å². The Kier molecular flexibility index (Phi) is 9.74. The number of ketones is 1. The summed E-state index contributed by atoms with van der Waals surface area (Å²) in [6, 6.07) is 2.09. The van der Waals surface area contributed by atoms with Crippen molar-refractivity contribution >= 4 is 23.4 Å². The Morgan fingerprint density at radius 1 is 1.04 bits per heavy atom. The summed E-state index contributed by atoms with van der Waals surface area (Å²) in [6.07, 6.45) is 7.22. The molecule has 4 heterocycles. The first-order valence-corrected chi connectivity index (χ1v) is 18.1. The summed E-state index contributed by atoms with van der Waals surface area (Å²) in [5.41, 5.74) is 7.11. The molecule has 0 bridgehead atoms. The number of ether oxygens (including phenoxy) is 4. The maximum Gasteiger partial charge on any atom is 0.410 e. The number of hydrogen-bond acceptors (Lipinski definition) is 11. The van der Waals surface area contributed by atoms with Crippen LogP contribution in [0.4, 0.5) is 10.6 Å². The molecule has 12 heteroatoms. The number of Topliss-reactive ketones (excluding diaryl/α,β-unsaturated/α-hetero) is 1. The van der Waals surface area contributed by atoms with Gasteiger partial charge in [0.25, 0.3) is 0 Å². The fraction of sp³-hybridized carbons (Fsp3) is 0.778. The first-order valence-electron chi connectivity index (χ1n) is 18.1. The molecule has 2 aliphatic carbocycles. The van der Waals surface area contributed by atoms with Crippen LogP contribution < -0.4 is 15.4 Å². The SMILES string of the molecule is C[C@H](Oc1nc(C(N)=C2CCC[C@@]3(CCCCC34OCCO4)C2=O)cc(N2C[C@H](C)N(C(=O)OC(C)(C)C)[C@@H](C)C2)n1)[C@@H]1CCCN1C. The maximum absolute atomic E-state index is 14.6. The quantitative estimate of drug-likeness (QED) is 0.430. The van der Waals surface area contributed by atoms with Crippen molar-refractivity contribution in [3.8, 4) is 6.01 Å². The molecule has 1 aromatic rings. The molecule has 1 aromatic heterocycles. The molecule has 2 N–H and O–H groups in total. The second kappa shape index (κ2) is 13.4. The van der Waals surface area contributed by atoms with Crippen LogP contribution >= 0.6 is 0 Å². The van der Waals surface area contributed by atoms with Crippen LogP contribution in [0.5, 0.6) is 6.01 Å². The smallest absolute Gasteiger partial charge is 0.410 e. The predicted molar refractivity (Wildman–Crippen MR) is 182 cm³/mol. The topological polar surface area (TPSA) is 133 Å². The Morgan fingerprint density at radius 3 is 2.35 bits per heavy atom. The van der Waals surface area contributed by atoms with E-state index in [0.29, 0.717) is 55.5 Å². The predicted octanol–water partition coefficient (Wildman–Crippen LogP) is 4.90. The largest absolute Gasteiger partial charge is 0.459 e. The lowest BCUT2D eigenvalue weighted by molar-refractivity contribution is -0.251. The number of piperazine rings is 1. The number of hydrogen-bond donors (Lipinski definition) is 1. The average Bonchev–Trinajstić information content (AvgIpc) is 3.68. The molecule has 3 aliphatic heterocycles. The third kappa shape index (κ3) is 6.52. The maximum atomic E-state index is 14.6. The van der Waals surface area contributed by atoms with E-state index in [1.807, 2.05) is 45.6 Å². The lowest BCUT2D eigenvalue weighted by Gasteiger charge is -2.51. The number of likely N-dealkylation sites (tertiary alicyclic amines) is 1. The van der Waals surface area contributed by atoms with Crippen molar-refractivity contribution in [3.63, 3.8) is 0 Å². The van der Waals surface area contributed by atoms with Gasteiger partial charge in [-0.05, 0) is 100 Å². The molecule has 3 saturated heterocycles. The zero-order chi connectivity index (χ0) is 34.4. The first-order chi connectivity index (χ1) is 22.7.